The molecule has 8 heteroatoms. The average Bonchev–Trinajstić information content (AvgIpc) is 3.54. The van der Waals surface area contributed by atoms with Crippen molar-refractivity contribution in [2.75, 3.05) is 38.7 Å². The van der Waals surface area contributed by atoms with Gasteiger partial charge in [-0.2, -0.15) is 5.10 Å². The van der Waals surface area contributed by atoms with Gasteiger partial charge in [-0.3, -0.25) is 5.10 Å². The van der Waals surface area contributed by atoms with Crippen molar-refractivity contribution in [3.8, 4) is 22.8 Å². The van der Waals surface area contributed by atoms with E-state index in [1.165, 1.54) is 12.8 Å². The summed E-state index contributed by atoms with van der Waals surface area (Å²) in [5.74, 6) is 2.18. The Labute approximate surface area is 198 Å². The van der Waals surface area contributed by atoms with Gasteiger partial charge in [0.05, 0.1) is 12.8 Å². The van der Waals surface area contributed by atoms with Gasteiger partial charge in [0, 0.05) is 35.7 Å². The topological polar surface area (TPSA) is 82.6 Å². The Morgan fingerprint density at radius 2 is 2.03 bits per heavy atom. The number of fused-ring (bicyclic) bond motifs is 3. The summed E-state index contributed by atoms with van der Waals surface area (Å²) in [5, 5.41) is 22.2. The van der Waals surface area contributed by atoms with Crippen LogP contribution in [0.4, 0.5) is 5.82 Å². The van der Waals surface area contributed by atoms with Gasteiger partial charge in [-0.15, -0.1) is 0 Å². The fourth-order valence-corrected chi connectivity index (χ4v) is 4.87. The number of H-pyrrole nitrogens is 1. The number of likely N-dealkylation sites (tertiary alicyclic amines) is 1. The molecule has 1 aromatic heterocycles. The van der Waals surface area contributed by atoms with Crippen molar-refractivity contribution >= 4 is 17.4 Å². The van der Waals surface area contributed by atoms with Crippen molar-refractivity contribution in [1.29, 1.82) is 0 Å². The van der Waals surface area contributed by atoms with Gasteiger partial charge < -0.3 is 24.8 Å². The molecule has 0 radical (unpaired) electrons. The minimum absolute atomic E-state index is 0.238. The first-order chi connectivity index (χ1) is 16.1. The summed E-state index contributed by atoms with van der Waals surface area (Å²) in [7, 11) is 1.63. The van der Waals surface area contributed by atoms with Crippen LogP contribution in [0.15, 0.2) is 36.4 Å². The van der Waals surface area contributed by atoms with E-state index in [0.717, 1.165) is 58.3 Å². The molecule has 3 aromatic rings. The molecule has 33 heavy (non-hydrogen) atoms. The molecule has 0 saturated carbocycles. The summed E-state index contributed by atoms with van der Waals surface area (Å²) in [6.07, 6.45) is 2.62. The number of aliphatic hydroxyl groups is 1. The smallest absolute Gasteiger partial charge is 0.161 e. The number of methoxy groups -OCH3 is 1. The second-order valence-corrected chi connectivity index (χ2v) is 9.09. The Hall–Kier alpha value is -2.74. The summed E-state index contributed by atoms with van der Waals surface area (Å²) >= 11 is 6.29. The van der Waals surface area contributed by atoms with Gasteiger partial charge in [0.15, 0.2) is 11.5 Å². The molecule has 174 valence electrons. The monoisotopic (exact) mass is 468 g/mol. The first-order valence-electron chi connectivity index (χ1n) is 11.4. The average molecular weight is 469 g/mol. The van der Waals surface area contributed by atoms with Gasteiger partial charge >= 0.3 is 0 Å². The largest absolute Gasteiger partial charge is 0.493 e. The Kier molecular flexibility index (Phi) is 6.44. The van der Waals surface area contributed by atoms with Crippen molar-refractivity contribution in [1.82, 2.24) is 15.1 Å². The first-order valence-corrected chi connectivity index (χ1v) is 11.8. The number of ether oxygens (including phenoxy) is 2. The fourth-order valence-electron chi connectivity index (χ4n) is 4.67. The molecule has 0 bridgehead atoms. The first kappa shape index (κ1) is 22.1. The number of nitrogens with one attached hydrogen (secondary N) is 2. The van der Waals surface area contributed by atoms with Crippen molar-refractivity contribution < 1.29 is 14.6 Å². The van der Waals surface area contributed by atoms with Crippen LogP contribution in [0.1, 0.15) is 29.5 Å². The van der Waals surface area contributed by atoms with Crippen LogP contribution in [0.3, 0.4) is 0 Å². The molecule has 0 spiro atoms. The van der Waals surface area contributed by atoms with Crippen LogP contribution in [-0.2, 0) is 13.0 Å². The van der Waals surface area contributed by atoms with E-state index in [0.29, 0.717) is 24.6 Å². The third-order valence-electron chi connectivity index (χ3n) is 6.39. The van der Waals surface area contributed by atoms with E-state index < -0.39 is 6.10 Å². The molecular weight excluding hydrogens is 440 g/mol. The highest BCUT2D eigenvalue weighted by molar-refractivity contribution is 6.31. The third-order valence-corrected chi connectivity index (χ3v) is 6.76. The molecule has 3 N–H and O–H groups in total. The van der Waals surface area contributed by atoms with Crippen LogP contribution < -0.4 is 14.8 Å². The van der Waals surface area contributed by atoms with E-state index in [4.69, 9.17) is 21.1 Å². The predicted molar refractivity (Wildman–Crippen MR) is 129 cm³/mol. The number of β-amino-alcohol motifs (C(OH)–C–C–N with tert-alkyl or cyclic N) is 1. The SMILES string of the molecule is COc1cc2c(cc1OCC(O)CN1CCCC1)Cc1c-2n[nH]c1NCc1ccccc1Cl. The minimum atomic E-state index is -0.530. The number of aromatic nitrogens is 2. The summed E-state index contributed by atoms with van der Waals surface area (Å²) in [6.45, 7) is 3.59. The van der Waals surface area contributed by atoms with Crippen LogP contribution in [0.5, 0.6) is 11.5 Å². The lowest BCUT2D eigenvalue weighted by molar-refractivity contribution is 0.0747. The number of aliphatic hydroxyl groups excluding tert-OH is 1. The molecule has 1 atom stereocenters. The van der Waals surface area contributed by atoms with Crippen molar-refractivity contribution in [2.24, 2.45) is 0 Å². The van der Waals surface area contributed by atoms with Crippen LogP contribution in [0, 0.1) is 0 Å². The maximum Gasteiger partial charge on any atom is 0.161 e. The molecule has 1 fully saturated rings. The van der Waals surface area contributed by atoms with Crippen LogP contribution in [0.25, 0.3) is 11.3 Å². The maximum atomic E-state index is 10.4. The number of halogens is 1. The summed E-state index contributed by atoms with van der Waals surface area (Å²) in [4.78, 5) is 2.28. The Morgan fingerprint density at radius 3 is 2.82 bits per heavy atom. The van der Waals surface area contributed by atoms with Gasteiger partial charge in [0.1, 0.15) is 18.5 Å². The van der Waals surface area contributed by atoms with E-state index in [1.807, 2.05) is 36.4 Å². The van der Waals surface area contributed by atoms with E-state index >= 15 is 0 Å². The van der Waals surface area contributed by atoms with Gasteiger partial charge in [-0.25, -0.2) is 0 Å². The van der Waals surface area contributed by atoms with Crippen molar-refractivity contribution in [3.05, 3.63) is 58.1 Å². The molecule has 1 saturated heterocycles. The summed E-state index contributed by atoms with van der Waals surface area (Å²) < 4.78 is 11.6. The number of hydrogen-bond acceptors (Lipinski definition) is 6. The van der Waals surface area contributed by atoms with E-state index in [1.54, 1.807) is 7.11 Å². The second-order valence-electron chi connectivity index (χ2n) is 8.68. The summed E-state index contributed by atoms with van der Waals surface area (Å²) in [6, 6.07) is 11.8. The number of hydrogen-bond donors (Lipinski definition) is 3. The van der Waals surface area contributed by atoms with Gasteiger partial charge in [0.2, 0.25) is 0 Å². The van der Waals surface area contributed by atoms with Gasteiger partial charge in [0.25, 0.3) is 0 Å². The quantitative estimate of drug-likeness (QED) is 0.343. The Balaban J connectivity index is 1.28. The zero-order valence-corrected chi connectivity index (χ0v) is 19.5. The van der Waals surface area contributed by atoms with Gasteiger partial charge in [-0.1, -0.05) is 29.8 Å². The van der Waals surface area contributed by atoms with Gasteiger partial charge in [-0.05, 0) is 55.3 Å². The number of rotatable bonds is 9. The second kappa shape index (κ2) is 9.63. The molecule has 2 heterocycles. The fraction of sp³-hybridized carbons (Fsp3) is 0.400. The summed E-state index contributed by atoms with van der Waals surface area (Å²) in [5.41, 5.74) is 5.24. The number of nitrogens with zero attached hydrogens (tertiary/aromatic N) is 2. The Bertz CT molecular complexity index is 1130. The molecule has 2 aliphatic rings. The molecule has 1 aliphatic heterocycles. The van der Waals surface area contributed by atoms with Crippen molar-refractivity contribution in [2.45, 2.75) is 31.9 Å². The molecule has 1 aliphatic carbocycles. The normalized spacial score (nSPS) is 15.8. The molecule has 1 unspecified atom stereocenters. The number of anilines is 1. The third kappa shape index (κ3) is 4.67. The highest BCUT2D eigenvalue weighted by atomic mass is 35.5. The molecule has 0 amide bonds. The minimum Gasteiger partial charge on any atom is -0.493 e. The lowest BCUT2D eigenvalue weighted by Gasteiger charge is -2.20. The molecule has 7 nitrogen and oxygen atoms in total. The predicted octanol–water partition coefficient (Wildman–Crippen LogP) is 4.09. The van der Waals surface area contributed by atoms with Crippen LogP contribution >= 0.6 is 11.6 Å². The molecular formula is C25H29ClN4O3. The van der Waals surface area contributed by atoms with Crippen LogP contribution in [-0.4, -0.2) is 59.7 Å². The standard InChI is InChI=1S/C25H29ClN4O3/c1-32-22-12-19-17(11-23(22)33-15-18(31)14-30-8-4-5-9-30)10-20-24(19)28-29-25(20)27-13-16-6-2-3-7-21(16)26/h2-3,6-7,11-12,18,31H,4-5,8-10,13-15H2,1H3,(H2,27,28,29). The zero-order chi connectivity index (χ0) is 22.8. The lowest BCUT2D eigenvalue weighted by Crippen LogP contribution is -2.33. The van der Waals surface area contributed by atoms with E-state index in [2.05, 4.69) is 20.4 Å². The maximum absolute atomic E-state index is 10.4. The van der Waals surface area contributed by atoms with E-state index in [-0.39, 0.29) is 6.61 Å². The highest BCUT2D eigenvalue weighted by Crippen LogP contribution is 2.44. The highest BCUT2D eigenvalue weighted by Gasteiger charge is 2.27. The number of aromatic amines is 1. The number of benzene rings is 2. The Morgan fingerprint density at radius 1 is 1.21 bits per heavy atom. The lowest BCUT2D eigenvalue weighted by atomic mass is 10.1. The van der Waals surface area contributed by atoms with Crippen molar-refractivity contribution in [3.63, 3.8) is 0 Å². The molecule has 5 rings (SSSR count). The zero-order valence-electron chi connectivity index (χ0n) is 18.7. The van der Waals surface area contributed by atoms with E-state index in [9.17, 15) is 5.11 Å². The molecule has 2 aromatic carbocycles. The van der Waals surface area contributed by atoms with Crippen LogP contribution in [0.2, 0.25) is 5.02 Å².